The zero-order valence-electron chi connectivity index (χ0n) is 22.0. The summed E-state index contributed by atoms with van der Waals surface area (Å²) in [5.41, 5.74) is 4.66. The molecule has 0 saturated carbocycles. The number of halogens is 1. The van der Waals surface area contributed by atoms with Crippen LogP contribution in [0.15, 0.2) is 72.3 Å². The Labute approximate surface area is 233 Å². The van der Waals surface area contributed by atoms with Crippen LogP contribution in [-0.2, 0) is 11.2 Å². The van der Waals surface area contributed by atoms with Crippen molar-refractivity contribution in [1.29, 1.82) is 0 Å². The van der Waals surface area contributed by atoms with Crippen molar-refractivity contribution in [1.82, 2.24) is 15.3 Å². The Kier molecular flexibility index (Phi) is 9.49. The van der Waals surface area contributed by atoms with Gasteiger partial charge in [-0.15, -0.1) is 0 Å². The number of rotatable bonds is 10. The van der Waals surface area contributed by atoms with Crippen molar-refractivity contribution < 1.29 is 19.4 Å². The van der Waals surface area contributed by atoms with Crippen molar-refractivity contribution in [3.05, 3.63) is 94.8 Å². The molecule has 2 N–H and O–H groups in total. The Balaban J connectivity index is 1.61. The van der Waals surface area contributed by atoms with E-state index >= 15 is 0 Å². The smallest absolute Gasteiger partial charge is 0.303 e. The number of benzene rings is 2. The summed E-state index contributed by atoms with van der Waals surface area (Å²) in [7, 11) is 0. The average molecular weight is 546 g/mol. The molecule has 3 aromatic rings. The van der Waals surface area contributed by atoms with E-state index in [2.05, 4.69) is 11.9 Å². The number of hydrogen-bond acceptors (Lipinski definition) is 5. The van der Waals surface area contributed by atoms with Gasteiger partial charge in [-0.3, -0.25) is 9.59 Å². The van der Waals surface area contributed by atoms with Gasteiger partial charge in [-0.2, -0.15) is 0 Å². The number of aromatic nitrogens is 2. The second-order valence-electron chi connectivity index (χ2n) is 9.41. The minimum Gasteiger partial charge on any atom is -0.493 e. The van der Waals surface area contributed by atoms with Gasteiger partial charge in [-0.1, -0.05) is 48.5 Å². The van der Waals surface area contributed by atoms with E-state index in [9.17, 15) is 9.59 Å². The summed E-state index contributed by atoms with van der Waals surface area (Å²) in [5, 5.41) is 12.7. The Morgan fingerprint density at radius 3 is 2.77 bits per heavy atom. The molecule has 39 heavy (non-hydrogen) atoms. The van der Waals surface area contributed by atoms with Crippen molar-refractivity contribution >= 4 is 40.1 Å². The number of para-hydroxylation sites is 1. The number of ether oxygens (including phenoxy) is 1. The van der Waals surface area contributed by atoms with Gasteiger partial charge in [0, 0.05) is 22.6 Å². The highest BCUT2D eigenvalue weighted by molar-refractivity contribution is 6.31. The molecule has 202 valence electrons. The number of aliphatic carboxylic acids is 1. The third-order valence-electron chi connectivity index (χ3n) is 6.57. The van der Waals surface area contributed by atoms with E-state index in [1.807, 2.05) is 31.2 Å². The number of amides is 1. The molecule has 8 heteroatoms. The van der Waals surface area contributed by atoms with Crippen LogP contribution in [0.2, 0.25) is 0 Å². The molecule has 0 radical (unpaired) electrons. The van der Waals surface area contributed by atoms with E-state index in [-0.39, 0.29) is 18.4 Å². The van der Waals surface area contributed by atoms with Gasteiger partial charge in [0.2, 0.25) is 0 Å². The number of unbranched alkanes of at least 4 members (excludes halogenated alkanes) is 1. The number of allylic oxidation sites excluding steroid dienone is 5. The summed E-state index contributed by atoms with van der Waals surface area (Å²) in [4.78, 5) is 33.9. The fourth-order valence-corrected chi connectivity index (χ4v) is 4.57. The van der Waals surface area contributed by atoms with Crippen molar-refractivity contribution in [2.24, 2.45) is 0 Å². The first-order valence-corrected chi connectivity index (χ1v) is 13.5. The van der Waals surface area contributed by atoms with Crippen molar-refractivity contribution in [3.8, 4) is 5.75 Å². The predicted octanol–water partition coefficient (Wildman–Crippen LogP) is 6.78. The summed E-state index contributed by atoms with van der Waals surface area (Å²) in [5.74, 6) is -0.220. The molecule has 7 nitrogen and oxygen atoms in total. The molecule has 4 rings (SSSR count). The number of fused-ring (bicyclic) bond motifs is 2. The average Bonchev–Trinajstić information content (AvgIpc) is 3.15. The normalized spacial score (nSPS) is 15.4. The van der Waals surface area contributed by atoms with Crippen molar-refractivity contribution in [2.75, 3.05) is 6.61 Å². The summed E-state index contributed by atoms with van der Waals surface area (Å²) >= 11 is 6.11. The molecule has 1 unspecified atom stereocenters. The van der Waals surface area contributed by atoms with Gasteiger partial charge in [-0.05, 0) is 74.9 Å². The molecule has 1 aromatic heterocycles. The molecule has 1 aliphatic rings. The van der Waals surface area contributed by atoms with Crippen LogP contribution in [-0.4, -0.2) is 33.6 Å². The van der Waals surface area contributed by atoms with Crippen LogP contribution in [0.25, 0.3) is 16.6 Å². The zero-order chi connectivity index (χ0) is 27.8. The molecular weight excluding hydrogens is 514 g/mol. The van der Waals surface area contributed by atoms with Gasteiger partial charge in [0.1, 0.15) is 5.75 Å². The summed E-state index contributed by atoms with van der Waals surface area (Å²) in [6, 6.07) is 12.9. The molecule has 1 amide bonds. The van der Waals surface area contributed by atoms with Gasteiger partial charge < -0.3 is 15.2 Å². The Bertz CT molecular complexity index is 1450. The summed E-state index contributed by atoms with van der Waals surface area (Å²) in [6.45, 7) is 6.61. The molecule has 0 aliphatic carbocycles. The molecule has 0 fully saturated rings. The first-order chi connectivity index (χ1) is 18.9. The monoisotopic (exact) mass is 545 g/mol. The molecule has 1 aliphatic heterocycles. The van der Waals surface area contributed by atoms with Gasteiger partial charge in [0.25, 0.3) is 5.91 Å². The lowest BCUT2D eigenvalue weighted by atomic mass is 10.0. The lowest BCUT2D eigenvalue weighted by molar-refractivity contribution is -0.137. The summed E-state index contributed by atoms with van der Waals surface area (Å²) in [6.07, 6.45) is 8.71. The van der Waals surface area contributed by atoms with Crippen LogP contribution in [0.5, 0.6) is 5.75 Å². The van der Waals surface area contributed by atoms with E-state index < -0.39 is 5.97 Å². The van der Waals surface area contributed by atoms with Gasteiger partial charge in [-0.25, -0.2) is 9.97 Å². The van der Waals surface area contributed by atoms with E-state index in [4.69, 9.17) is 31.4 Å². The van der Waals surface area contributed by atoms with E-state index in [1.54, 1.807) is 36.4 Å². The lowest BCUT2D eigenvalue weighted by Crippen LogP contribution is -2.28. The highest BCUT2D eigenvalue weighted by Gasteiger charge is 2.22. The van der Waals surface area contributed by atoms with Crippen LogP contribution < -0.4 is 10.1 Å². The Hall–Kier alpha value is -3.97. The number of nitrogens with zero attached hydrogens (tertiary/aromatic N) is 2. The maximum atomic E-state index is 13.3. The predicted molar refractivity (Wildman–Crippen MR) is 154 cm³/mol. The molecule has 0 saturated heterocycles. The second-order valence-corrected chi connectivity index (χ2v) is 9.85. The SMILES string of the molecule is C=C(/C=C\C(Cl)=C/C)c1nc2ccc(C(=O)NC3CCCOc4ccccc43)cc2nc1CCCCC(=O)O. The molecule has 2 aromatic carbocycles. The van der Waals surface area contributed by atoms with Gasteiger partial charge in [0.15, 0.2) is 0 Å². The van der Waals surface area contributed by atoms with E-state index in [0.29, 0.717) is 64.5 Å². The highest BCUT2D eigenvalue weighted by atomic mass is 35.5. The Morgan fingerprint density at radius 1 is 1.15 bits per heavy atom. The Morgan fingerprint density at radius 2 is 1.97 bits per heavy atom. The molecule has 0 spiro atoms. The van der Waals surface area contributed by atoms with Crippen LogP contribution in [0.1, 0.15) is 72.4 Å². The number of carboxylic acids is 1. The number of hydrogen-bond donors (Lipinski definition) is 2. The number of carbonyl (C=O) groups excluding carboxylic acids is 1. The lowest BCUT2D eigenvalue weighted by Gasteiger charge is -2.18. The topological polar surface area (TPSA) is 101 Å². The maximum absolute atomic E-state index is 13.3. The van der Waals surface area contributed by atoms with Crippen LogP contribution in [0.4, 0.5) is 0 Å². The number of carboxylic acid groups (broad SMARTS) is 1. The fourth-order valence-electron chi connectivity index (χ4n) is 4.50. The van der Waals surface area contributed by atoms with E-state index in [1.165, 1.54) is 0 Å². The maximum Gasteiger partial charge on any atom is 0.303 e. The van der Waals surface area contributed by atoms with Crippen LogP contribution in [0.3, 0.4) is 0 Å². The minimum atomic E-state index is -0.827. The number of carbonyl (C=O) groups is 2. The van der Waals surface area contributed by atoms with Crippen LogP contribution in [0, 0.1) is 0 Å². The minimum absolute atomic E-state index is 0.0910. The third kappa shape index (κ3) is 7.33. The molecule has 2 heterocycles. The standard InChI is InChI=1S/C31H32ClN3O4/c1-3-22(32)16-14-20(2)30-26(10-5-7-13-29(36)37)33-27-19-21(15-17-25(27)34-30)31(38)35-24-11-8-18-39-28-12-6-4-9-23(24)28/h3-4,6,9,12,14-17,19,24H,2,5,7-8,10-11,13,18H2,1H3,(H,35,38)(H,36,37)/b16-14-,22-3+. The molecular formula is C31H32ClN3O4. The van der Waals surface area contributed by atoms with Crippen molar-refractivity contribution in [3.63, 3.8) is 0 Å². The fraction of sp³-hybridized carbons (Fsp3) is 0.290. The third-order valence-corrected chi connectivity index (χ3v) is 6.92. The van der Waals surface area contributed by atoms with Crippen LogP contribution >= 0.6 is 11.6 Å². The molecule has 1 atom stereocenters. The quantitative estimate of drug-likeness (QED) is 0.215. The van der Waals surface area contributed by atoms with Gasteiger partial charge in [0.05, 0.1) is 35.1 Å². The van der Waals surface area contributed by atoms with E-state index in [0.717, 1.165) is 24.2 Å². The largest absolute Gasteiger partial charge is 0.493 e. The van der Waals surface area contributed by atoms with Crippen molar-refractivity contribution in [2.45, 2.75) is 51.5 Å². The number of nitrogens with one attached hydrogen (secondary N) is 1. The molecule has 0 bridgehead atoms. The van der Waals surface area contributed by atoms with Gasteiger partial charge >= 0.3 is 5.97 Å². The zero-order valence-corrected chi connectivity index (χ0v) is 22.7. The second kappa shape index (κ2) is 13.2. The first-order valence-electron chi connectivity index (χ1n) is 13.1. The first kappa shape index (κ1) is 28.0. The number of aryl methyl sites for hydroxylation is 1. The summed E-state index contributed by atoms with van der Waals surface area (Å²) < 4.78 is 5.83. The highest BCUT2D eigenvalue weighted by Crippen LogP contribution is 2.31.